The van der Waals surface area contributed by atoms with Crippen LogP contribution in [-0.2, 0) is 0 Å². The van der Waals surface area contributed by atoms with Crippen molar-refractivity contribution >= 4 is 16.7 Å². The normalized spacial score (nSPS) is 12.2. The fourth-order valence-corrected chi connectivity index (χ4v) is 2.20. The summed E-state index contributed by atoms with van der Waals surface area (Å²) in [7, 11) is 0. The second kappa shape index (κ2) is 5.65. The van der Waals surface area contributed by atoms with E-state index in [-0.39, 0.29) is 0 Å². The molecule has 3 aromatic rings. The van der Waals surface area contributed by atoms with Gasteiger partial charge in [0.25, 0.3) is 0 Å². The number of aromatic nitrogens is 3. The average molecular weight is 264 g/mol. The van der Waals surface area contributed by atoms with E-state index in [1.165, 1.54) is 5.56 Å². The monoisotopic (exact) mass is 264 g/mol. The SMILES string of the molecule is CC(CNc1ncnc2cnccc12)c1ccccc1. The highest BCUT2D eigenvalue weighted by Gasteiger charge is 2.07. The molecule has 2 aromatic heterocycles. The molecule has 0 fully saturated rings. The van der Waals surface area contributed by atoms with Crippen molar-refractivity contribution in [2.45, 2.75) is 12.8 Å². The summed E-state index contributed by atoms with van der Waals surface area (Å²) < 4.78 is 0. The summed E-state index contributed by atoms with van der Waals surface area (Å²) in [6.45, 7) is 3.03. The zero-order valence-corrected chi connectivity index (χ0v) is 11.3. The van der Waals surface area contributed by atoms with E-state index in [0.717, 1.165) is 23.3 Å². The summed E-state index contributed by atoms with van der Waals surface area (Å²) in [5, 5.41) is 4.41. The van der Waals surface area contributed by atoms with E-state index in [1.807, 2.05) is 12.1 Å². The van der Waals surface area contributed by atoms with Crippen LogP contribution < -0.4 is 5.32 Å². The number of anilines is 1. The van der Waals surface area contributed by atoms with Crippen molar-refractivity contribution < 1.29 is 0 Å². The molecule has 4 heteroatoms. The number of hydrogen-bond acceptors (Lipinski definition) is 4. The molecular formula is C16H16N4. The molecule has 4 nitrogen and oxygen atoms in total. The van der Waals surface area contributed by atoms with Crippen LogP contribution in [0.5, 0.6) is 0 Å². The van der Waals surface area contributed by atoms with Gasteiger partial charge in [-0.15, -0.1) is 0 Å². The van der Waals surface area contributed by atoms with Crippen LogP contribution in [0, 0.1) is 0 Å². The molecule has 100 valence electrons. The molecule has 0 radical (unpaired) electrons. The van der Waals surface area contributed by atoms with Crippen LogP contribution in [0.15, 0.2) is 55.1 Å². The number of nitrogens with one attached hydrogen (secondary N) is 1. The van der Waals surface area contributed by atoms with Gasteiger partial charge in [0.2, 0.25) is 0 Å². The highest BCUT2D eigenvalue weighted by atomic mass is 15.0. The molecule has 3 rings (SSSR count). The van der Waals surface area contributed by atoms with E-state index in [1.54, 1.807) is 18.7 Å². The lowest BCUT2D eigenvalue weighted by atomic mass is 10.0. The lowest BCUT2D eigenvalue weighted by Gasteiger charge is -2.14. The summed E-state index contributed by atoms with van der Waals surface area (Å²) in [4.78, 5) is 12.6. The summed E-state index contributed by atoms with van der Waals surface area (Å²) in [5.74, 6) is 1.28. The predicted octanol–water partition coefficient (Wildman–Crippen LogP) is 3.24. The lowest BCUT2D eigenvalue weighted by Crippen LogP contribution is -2.11. The number of hydrogen-bond donors (Lipinski definition) is 1. The maximum atomic E-state index is 4.32. The minimum atomic E-state index is 0.419. The lowest BCUT2D eigenvalue weighted by molar-refractivity contribution is 0.802. The Morgan fingerprint density at radius 1 is 1.10 bits per heavy atom. The van der Waals surface area contributed by atoms with Crippen LogP contribution >= 0.6 is 0 Å². The van der Waals surface area contributed by atoms with Crippen molar-refractivity contribution in [2.75, 3.05) is 11.9 Å². The molecule has 1 aromatic carbocycles. The number of benzene rings is 1. The van der Waals surface area contributed by atoms with Crippen LogP contribution in [0.1, 0.15) is 18.4 Å². The van der Waals surface area contributed by atoms with Gasteiger partial charge in [-0.25, -0.2) is 9.97 Å². The first-order valence-corrected chi connectivity index (χ1v) is 6.68. The fourth-order valence-electron chi connectivity index (χ4n) is 2.20. The zero-order chi connectivity index (χ0) is 13.8. The maximum Gasteiger partial charge on any atom is 0.137 e. The molecule has 0 saturated carbocycles. The molecule has 0 spiro atoms. The molecule has 0 amide bonds. The van der Waals surface area contributed by atoms with Gasteiger partial charge in [-0.1, -0.05) is 37.3 Å². The number of rotatable bonds is 4. The standard InChI is InChI=1S/C16H16N4/c1-12(13-5-3-2-4-6-13)9-18-16-14-7-8-17-10-15(14)19-11-20-16/h2-8,10-12H,9H2,1H3,(H,18,19,20). The van der Waals surface area contributed by atoms with Gasteiger partial charge in [0.1, 0.15) is 12.1 Å². The van der Waals surface area contributed by atoms with Crippen LogP contribution in [0.2, 0.25) is 0 Å². The van der Waals surface area contributed by atoms with Gasteiger partial charge in [0.05, 0.1) is 11.7 Å². The Balaban J connectivity index is 1.77. The molecule has 2 heterocycles. The fraction of sp³-hybridized carbons (Fsp3) is 0.188. The first-order valence-electron chi connectivity index (χ1n) is 6.68. The Bertz CT molecular complexity index is 692. The predicted molar refractivity (Wildman–Crippen MR) is 80.7 cm³/mol. The third-order valence-corrected chi connectivity index (χ3v) is 3.38. The molecule has 0 saturated heterocycles. The molecule has 0 aliphatic heterocycles. The minimum Gasteiger partial charge on any atom is -0.369 e. The van der Waals surface area contributed by atoms with Crippen molar-refractivity contribution in [1.29, 1.82) is 0 Å². The molecule has 1 unspecified atom stereocenters. The Kier molecular flexibility index (Phi) is 3.54. The van der Waals surface area contributed by atoms with Crippen LogP contribution in [0.3, 0.4) is 0 Å². The first kappa shape index (κ1) is 12.5. The second-order valence-electron chi connectivity index (χ2n) is 4.81. The van der Waals surface area contributed by atoms with Gasteiger partial charge in [0.15, 0.2) is 0 Å². The Labute approximate surface area is 117 Å². The van der Waals surface area contributed by atoms with Crippen LogP contribution in [0.25, 0.3) is 10.9 Å². The topological polar surface area (TPSA) is 50.7 Å². The van der Waals surface area contributed by atoms with Gasteiger partial charge in [0, 0.05) is 18.1 Å². The van der Waals surface area contributed by atoms with Crippen LogP contribution in [0.4, 0.5) is 5.82 Å². The largest absolute Gasteiger partial charge is 0.369 e. The summed E-state index contributed by atoms with van der Waals surface area (Å²) in [6, 6.07) is 12.4. The zero-order valence-electron chi connectivity index (χ0n) is 11.3. The van der Waals surface area contributed by atoms with E-state index in [9.17, 15) is 0 Å². The van der Waals surface area contributed by atoms with Crippen molar-refractivity contribution in [3.8, 4) is 0 Å². The third-order valence-electron chi connectivity index (χ3n) is 3.38. The Morgan fingerprint density at radius 2 is 1.95 bits per heavy atom. The third kappa shape index (κ3) is 2.59. The highest BCUT2D eigenvalue weighted by molar-refractivity contribution is 5.87. The number of fused-ring (bicyclic) bond motifs is 1. The van der Waals surface area contributed by atoms with Crippen molar-refractivity contribution in [3.63, 3.8) is 0 Å². The van der Waals surface area contributed by atoms with Crippen molar-refractivity contribution in [2.24, 2.45) is 0 Å². The Hall–Kier alpha value is -2.49. The van der Waals surface area contributed by atoms with E-state index in [2.05, 4.69) is 51.5 Å². The minimum absolute atomic E-state index is 0.419. The summed E-state index contributed by atoms with van der Waals surface area (Å²) >= 11 is 0. The smallest absolute Gasteiger partial charge is 0.137 e. The van der Waals surface area contributed by atoms with E-state index < -0.39 is 0 Å². The van der Waals surface area contributed by atoms with E-state index >= 15 is 0 Å². The average Bonchev–Trinajstić information content (AvgIpc) is 2.53. The van der Waals surface area contributed by atoms with Crippen molar-refractivity contribution in [1.82, 2.24) is 15.0 Å². The highest BCUT2D eigenvalue weighted by Crippen LogP contribution is 2.20. The van der Waals surface area contributed by atoms with Gasteiger partial charge in [-0.05, 0) is 17.5 Å². The van der Waals surface area contributed by atoms with Gasteiger partial charge in [-0.3, -0.25) is 4.98 Å². The van der Waals surface area contributed by atoms with Crippen molar-refractivity contribution in [3.05, 3.63) is 60.7 Å². The molecule has 0 bridgehead atoms. The molecule has 1 atom stereocenters. The Morgan fingerprint density at radius 3 is 2.80 bits per heavy atom. The number of pyridine rings is 1. The second-order valence-corrected chi connectivity index (χ2v) is 4.81. The maximum absolute atomic E-state index is 4.32. The molecule has 0 aliphatic rings. The van der Waals surface area contributed by atoms with Gasteiger partial charge >= 0.3 is 0 Å². The van der Waals surface area contributed by atoms with Gasteiger partial charge in [-0.2, -0.15) is 0 Å². The van der Waals surface area contributed by atoms with Gasteiger partial charge < -0.3 is 5.32 Å². The molecule has 1 N–H and O–H groups in total. The van der Waals surface area contributed by atoms with E-state index in [0.29, 0.717) is 5.92 Å². The summed E-state index contributed by atoms with van der Waals surface area (Å²) in [6.07, 6.45) is 5.08. The number of nitrogens with zero attached hydrogens (tertiary/aromatic N) is 3. The molecule has 0 aliphatic carbocycles. The summed E-state index contributed by atoms with van der Waals surface area (Å²) in [5.41, 5.74) is 2.18. The van der Waals surface area contributed by atoms with Crippen LogP contribution in [-0.4, -0.2) is 21.5 Å². The molecular weight excluding hydrogens is 248 g/mol. The first-order chi connectivity index (χ1) is 9.84. The quantitative estimate of drug-likeness (QED) is 0.786. The van der Waals surface area contributed by atoms with E-state index in [4.69, 9.17) is 0 Å². The molecule has 20 heavy (non-hydrogen) atoms.